The van der Waals surface area contributed by atoms with E-state index in [4.69, 9.17) is 0 Å². The summed E-state index contributed by atoms with van der Waals surface area (Å²) in [7, 11) is -3.40. The molecule has 0 heterocycles. The van der Waals surface area contributed by atoms with E-state index in [1.165, 1.54) is 0 Å². The Morgan fingerprint density at radius 3 is 2.69 bits per heavy atom. The summed E-state index contributed by atoms with van der Waals surface area (Å²) < 4.78 is 25.9. The van der Waals surface area contributed by atoms with Gasteiger partial charge in [0, 0.05) is 17.8 Å². The lowest BCUT2D eigenvalue weighted by Crippen LogP contribution is -2.13. The molecule has 6 heteroatoms. The maximum Gasteiger partial charge on any atom is 0.264 e. The lowest BCUT2D eigenvalue weighted by Gasteiger charge is -2.07. The fourth-order valence-corrected chi connectivity index (χ4v) is 1.53. The van der Waals surface area contributed by atoms with E-state index < -0.39 is 10.1 Å². The van der Waals surface area contributed by atoms with Crippen LogP contribution in [0.15, 0.2) is 24.3 Å². The molecule has 0 saturated heterocycles. The minimum atomic E-state index is -3.40. The van der Waals surface area contributed by atoms with Gasteiger partial charge >= 0.3 is 0 Å². The molecule has 16 heavy (non-hydrogen) atoms. The molecule has 1 rings (SSSR count). The van der Waals surface area contributed by atoms with Crippen LogP contribution >= 0.6 is 0 Å². The highest BCUT2D eigenvalue weighted by Crippen LogP contribution is 2.11. The molecular formula is C10H13NO4S. The smallest absolute Gasteiger partial charge is 0.264 e. The van der Waals surface area contributed by atoms with Crippen molar-refractivity contribution in [3.63, 3.8) is 0 Å². The van der Waals surface area contributed by atoms with Crippen molar-refractivity contribution in [3.05, 3.63) is 29.8 Å². The largest absolute Gasteiger partial charge is 0.382 e. The summed E-state index contributed by atoms with van der Waals surface area (Å²) in [4.78, 5) is 10.7. The first-order chi connectivity index (χ1) is 7.53. The van der Waals surface area contributed by atoms with Gasteiger partial charge in [-0.25, -0.2) is 0 Å². The van der Waals surface area contributed by atoms with Crippen molar-refractivity contribution < 1.29 is 17.4 Å². The monoisotopic (exact) mass is 243 g/mol. The zero-order chi connectivity index (χ0) is 12.0. The van der Waals surface area contributed by atoms with Crippen molar-refractivity contribution in [1.82, 2.24) is 0 Å². The van der Waals surface area contributed by atoms with Crippen molar-refractivity contribution >= 4 is 22.1 Å². The van der Waals surface area contributed by atoms with Crippen LogP contribution in [0.4, 0.5) is 5.69 Å². The van der Waals surface area contributed by atoms with Crippen molar-refractivity contribution in [2.45, 2.75) is 0 Å². The number of anilines is 1. The highest BCUT2D eigenvalue weighted by Gasteiger charge is 2.02. The van der Waals surface area contributed by atoms with Crippen LogP contribution in [0.5, 0.6) is 0 Å². The minimum absolute atomic E-state index is 0.0338. The molecule has 0 spiro atoms. The van der Waals surface area contributed by atoms with Gasteiger partial charge in [0.1, 0.15) is 0 Å². The van der Waals surface area contributed by atoms with Gasteiger partial charge in [-0.3, -0.25) is 8.98 Å². The minimum Gasteiger partial charge on any atom is -0.382 e. The zero-order valence-electron chi connectivity index (χ0n) is 8.84. The SMILES string of the molecule is CS(=O)(=O)OCCNc1ccccc1C=O. The second-order valence-electron chi connectivity index (χ2n) is 3.16. The Morgan fingerprint density at radius 2 is 2.06 bits per heavy atom. The van der Waals surface area contributed by atoms with E-state index in [0.29, 0.717) is 17.8 Å². The fourth-order valence-electron chi connectivity index (χ4n) is 1.14. The molecule has 0 atom stereocenters. The molecule has 0 aromatic heterocycles. The average Bonchev–Trinajstić information content (AvgIpc) is 2.23. The molecule has 5 nitrogen and oxygen atoms in total. The van der Waals surface area contributed by atoms with Gasteiger partial charge in [-0.2, -0.15) is 8.42 Å². The Labute approximate surface area is 94.6 Å². The number of hydrogen-bond donors (Lipinski definition) is 1. The van der Waals surface area contributed by atoms with Gasteiger partial charge < -0.3 is 5.32 Å². The van der Waals surface area contributed by atoms with Crippen molar-refractivity contribution in [1.29, 1.82) is 0 Å². The van der Waals surface area contributed by atoms with Crippen LogP contribution in [-0.4, -0.2) is 34.1 Å². The molecule has 0 fully saturated rings. The van der Waals surface area contributed by atoms with Gasteiger partial charge in [-0.05, 0) is 12.1 Å². The van der Waals surface area contributed by atoms with E-state index >= 15 is 0 Å². The van der Waals surface area contributed by atoms with Crippen LogP contribution in [0, 0.1) is 0 Å². The van der Waals surface area contributed by atoms with Crippen LogP contribution in [0.2, 0.25) is 0 Å². The van der Waals surface area contributed by atoms with E-state index in [9.17, 15) is 13.2 Å². The molecule has 1 aromatic rings. The number of hydrogen-bond acceptors (Lipinski definition) is 5. The Morgan fingerprint density at radius 1 is 1.38 bits per heavy atom. The number of aldehydes is 1. The summed E-state index contributed by atoms with van der Waals surface area (Å²) in [5, 5.41) is 2.92. The Hall–Kier alpha value is -1.40. The van der Waals surface area contributed by atoms with Crippen molar-refractivity contribution in [2.24, 2.45) is 0 Å². The predicted octanol–water partition coefficient (Wildman–Crippen LogP) is 0.887. The summed E-state index contributed by atoms with van der Waals surface area (Å²) >= 11 is 0. The van der Waals surface area contributed by atoms with E-state index in [-0.39, 0.29) is 6.61 Å². The van der Waals surface area contributed by atoms with Crippen LogP contribution in [0.25, 0.3) is 0 Å². The normalized spacial score (nSPS) is 11.1. The van der Waals surface area contributed by atoms with E-state index in [0.717, 1.165) is 12.5 Å². The molecule has 0 unspecified atom stereocenters. The van der Waals surface area contributed by atoms with Crippen LogP contribution in [0.3, 0.4) is 0 Å². The number of rotatable bonds is 6. The van der Waals surface area contributed by atoms with E-state index in [1.54, 1.807) is 24.3 Å². The maximum absolute atomic E-state index is 10.7. The molecule has 1 aromatic carbocycles. The van der Waals surface area contributed by atoms with Crippen LogP contribution in [-0.2, 0) is 14.3 Å². The average molecular weight is 243 g/mol. The molecule has 0 aliphatic heterocycles. The summed E-state index contributed by atoms with van der Waals surface area (Å²) in [5.41, 5.74) is 1.19. The molecule has 1 N–H and O–H groups in total. The lowest BCUT2D eigenvalue weighted by atomic mass is 10.2. The summed E-state index contributed by atoms with van der Waals surface area (Å²) in [6.45, 7) is 0.351. The quantitative estimate of drug-likeness (QED) is 0.456. The number of nitrogens with one attached hydrogen (secondary N) is 1. The summed E-state index contributed by atoms with van der Waals surface area (Å²) in [6.07, 6.45) is 1.73. The van der Waals surface area contributed by atoms with E-state index in [2.05, 4.69) is 9.50 Å². The van der Waals surface area contributed by atoms with Crippen LogP contribution < -0.4 is 5.32 Å². The second kappa shape index (κ2) is 5.62. The zero-order valence-corrected chi connectivity index (χ0v) is 9.66. The van der Waals surface area contributed by atoms with Gasteiger partial charge in [0.2, 0.25) is 0 Å². The lowest BCUT2D eigenvalue weighted by molar-refractivity contribution is 0.112. The molecule has 0 saturated carbocycles. The standard InChI is InChI=1S/C10H13NO4S/c1-16(13,14)15-7-6-11-10-5-3-2-4-9(10)8-12/h2-5,8,11H,6-7H2,1H3. The molecule has 88 valence electrons. The third-order valence-corrected chi connectivity index (χ3v) is 2.40. The molecule has 0 aliphatic rings. The number of carbonyl (C=O) groups excluding carboxylic acids is 1. The summed E-state index contributed by atoms with van der Waals surface area (Å²) in [5.74, 6) is 0. The highest BCUT2D eigenvalue weighted by molar-refractivity contribution is 7.85. The van der Waals surface area contributed by atoms with Gasteiger partial charge in [0.05, 0.1) is 12.9 Å². The first-order valence-corrected chi connectivity index (χ1v) is 6.47. The van der Waals surface area contributed by atoms with Crippen molar-refractivity contribution in [3.8, 4) is 0 Å². The van der Waals surface area contributed by atoms with Crippen LogP contribution in [0.1, 0.15) is 10.4 Å². The third kappa shape index (κ3) is 4.41. The second-order valence-corrected chi connectivity index (χ2v) is 4.80. The predicted molar refractivity (Wildman–Crippen MR) is 61.1 cm³/mol. The maximum atomic E-state index is 10.7. The molecule has 0 amide bonds. The topological polar surface area (TPSA) is 72.5 Å². The molecule has 0 radical (unpaired) electrons. The van der Waals surface area contributed by atoms with Gasteiger partial charge in [-0.1, -0.05) is 12.1 Å². The first-order valence-electron chi connectivity index (χ1n) is 4.65. The molecule has 0 bridgehead atoms. The Balaban J connectivity index is 2.46. The Bertz CT molecular complexity index is 456. The molecular weight excluding hydrogens is 230 g/mol. The number of para-hydroxylation sites is 1. The Kier molecular flexibility index (Phi) is 4.45. The van der Waals surface area contributed by atoms with Crippen molar-refractivity contribution in [2.75, 3.05) is 24.7 Å². The number of benzene rings is 1. The van der Waals surface area contributed by atoms with E-state index in [1.807, 2.05) is 0 Å². The van der Waals surface area contributed by atoms with Gasteiger partial charge in [0.15, 0.2) is 6.29 Å². The number of carbonyl (C=O) groups is 1. The third-order valence-electron chi connectivity index (χ3n) is 1.80. The first kappa shape index (κ1) is 12.7. The summed E-state index contributed by atoms with van der Waals surface area (Å²) in [6, 6.07) is 6.95. The fraction of sp³-hybridized carbons (Fsp3) is 0.300. The molecule has 0 aliphatic carbocycles. The highest BCUT2D eigenvalue weighted by atomic mass is 32.2. The van der Waals surface area contributed by atoms with Gasteiger partial charge in [-0.15, -0.1) is 0 Å². The van der Waals surface area contributed by atoms with Gasteiger partial charge in [0.25, 0.3) is 10.1 Å².